The molecule has 0 aromatic carbocycles. The van der Waals surface area contributed by atoms with Gasteiger partial charge in [-0.2, -0.15) is 0 Å². The summed E-state index contributed by atoms with van der Waals surface area (Å²) < 4.78 is 1.48. The smallest absolute Gasteiger partial charge is 0.262 e. The van der Waals surface area contributed by atoms with Crippen LogP contribution in [0.15, 0.2) is 22.6 Å². The minimum absolute atomic E-state index is 0.0103. The van der Waals surface area contributed by atoms with Gasteiger partial charge in [0.05, 0.1) is 18.3 Å². The number of aliphatic hydroxyl groups is 1. The first-order chi connectivity index (χ1) is 10.2. The van der Waals surface area contributed by atoms with Gasteiger partial charge < -0.3 is 10.0 Å². The quantitative estimate of drug-likeness (QED) is 0.858. The van der Waals surface area contributed by atoms with Gasteiger partial charge in [0, 0.05) is 25.6 Å². The van der Waals surface area contributed by atoms with Crippen LogP contribution < -0.4 is 5.56 Å². The Bertz CT molecular complexity index is 705. The molecule has 7 heteroatoms. The molecule has 1 fully saturated rings. The van der Waals surface area contributed by atoms with E-state index < -0.39 is 0 Å². The molecule has 2 heterocycles. The molecule has 1 saturated carbocycles. The summed E-state index contributed by atoms with van der Waals surface area (Å²) in [5.41, 5.74) is -0.103. The normalized spacial score (nSPS) is 14.5. The molecule has 112 valence electrons. The molecule has 21 heavy (non-hydrogen) atoms. The topological polar surface area (TPSA) is 75.4 Å². The minimum atomic E-state index is -0.103. The number of aliphatic hydroxyl groups excluding tert-OH is 1. The standard InChI is InChI=1S/C14H17N3O3S/c18-7-6-17(10-1-2-10)12(19)3-5-16-9-15-13-11(14(16)20)4-8-21-13/h4,8-10,18H,1-3,5-7H2. The SMILES string of the molecule is O=C(CCn1cnc2sccc2c1=O)N(CCO)C1CC1. The zero-order chi connectivity index (χ0) is 14.8. The highest BCUT2D eigenvalue weighted by Crippen LogP contribution is 2.27. The van der Waals surface area contributed by atoms with Crippen LogP contribution in [-0.4, -0.2) is 44.7 Å². The van der Waals surface area contributed by atoms with Gasteiger partial charge in [0.25, 0.3) is 5.56 Å². The van der Waals surface area contributed by atoms with Crippen LogP contribution in [0.25, 0.3) is 10.2 Å². The molecule has 1 amide bonds. The van der Waals surface area contributed by atoms with Gasteiger partial charge in [-0.25, -0.2) is 4.98 Å². The number of thiophene rings is 1. The third-order valence-corrected chi connectivity index (χ3v) is 4.49. The van der Waals surface area contributed by atoms with Crippen molar-refractivity contribution in [2.24, 2.45) is 0 Å². The Hall–Kier alpha value is -1.73. The van der Waals surface area contributed by atoms with Crippen molar-refractivity contribution in [1.29, 1.82) is 0 Å². The zero-order valence-corrected chi connectivity index (χ0v) is 12.4. The van der Waals surface area contributed by atoms with Crippen molar-refractivity contribution in [1.82, 2.24) is 14.5 Å². The summed E-state index contributed by atoms with van der Waals surface area (Å²) in [6, 6.07) is 2.04. The number of rotatable bonds is 6. The van der Waals surface area contributed by atoms with Crippen LogP contribution in [-0.2, 0) is 11.3 Å². The fourth-order valence-corrected chi connectivity index (χ4v) is 3.14. The van der Waals surface area contributed by atoms with Crippen molar-refractivity contribution in [2.45, 2.75) is 31.8 Å². The molecule has 1 aliphatic rings. The van der Waals surface area contributed by atoms with E-state index in [1.165, 1.54) is 22.2 Å². The van der Waals surface area contributed by atoms with Crippen LogP contribution in [0, 0.1) is 0 Å². The van der Waals surface area contributed by atoms with E-state index >= 15 is 0 Å². The first kappa shape index (κ1) is 14.2. The number of aromatic nitrogens is 2. The van der Waals surface area contributed by atoms with E-state index in [0.717, 1.165) is 17.7 Å². The highest BCUT2D eigenvalue weighted by atomic mass is 32.1. The largest absolute Gasteiger partial charge is 0.395 e. The van der Waals surface area contributed by atoms with Crippen molar-refractivity contribution in [3.63, 3.8) is 0 Å². The molecule has 0 radical (unpaired) electrons. The first-order valence-electron chi connectivity index (χ1n) is 7.03. The fraction of sp³-hybridized carbons (Fsp3) is 0.500. The van der Waals surface area contributed by atoms with Gasteiger partial charge in [0.2, 0.25) is 5.91 Å². The predicted molar refractivity (Wildman–Crippen MR) is 80.3 cm³/mol. The van der Waals surface area contributed by atoms with E-state index in [1.807, 2.05) is 5.38 Å². The predicted octanol–water partition coefficient (Wildman–Crippen LogP) is 0.831. The van der Waals surface area contributed by atoms with Gasteiger partial charge in [-0.15, -0.1) is 11.3 Å². The maximum absolute atomic E-state index is 12.2. The number of nitrogens with zero attached hydrogens (tertiary/aromatic N) is 3. The van der Waals surface area contributed by atoms with Gasteiger partial charge >= 0.3 is 0 Å². The van der Waals surface area contributed by atoms with Crippen LogP contribution in [0.2, 0.25) is 0 Å². The molecule has 6 nitrogen and oxygen atoms in total. The molecular weight excluding hydrogens is 290 g/mol. The summed E-state index contributed by atoms with van der Waals surface area (Å²) in [6.45, 7) is 0.677. The number of aryl methyl sites for hydroxylation is 1. The van der Waals surface area contributed by atoms with E-state index in [4.69, 9.17) is 5.11 Å². The third kappa shape index (κ3) is 2.98. The van der Waals surface area contributed by atoms with Crippen molar-refractivity contribution in [3.8, 4) is 0 Å². The molecule has 1 N–H and O–H groups in total. The van der Waals surface area contributed by atoms with E-state index in [2.05, 4.69) is 4.98 Å². The van der Waals surface area contributed by atoms with Gasteiger partial charge in [-0.05, 0) is 24.3 Å². The summed E-state index contributed by atoms with van der Waals surface area (Å²) >= 11 is 1.43. The summed E-state index contributed by atoms with van der Waals surface area (Å²) in [7, 11) is 0. The summed E-state index contributed by atoms with van der Waals surface area (Å²) in [5.74, 6) is -0.0103. The van der Waals surface area contributed by atoms with Crippen molar-refractivity contribution in [2.75, 3.05) is 13.2 Å². The second-order valence-corrected chi connectivity index (χ2v) is 6.07. The van der Waals surface area contributed by atoms with E-state index in [0.29, 0.717) is 18.5 Å². The summed E-state index contributed by atoms with van der Waals surface area (Å²) in [5, 5.41) is 11.5. The lowest BCUT2D eigenvalue weighted by atomic mass is 10.3. The lowest BCUT2D eigenvalue weighted by Gasteiger charge is -2.21. The molecular formula is C14H17N3O3S. The van der Waals surface area contributed by atoms with Gasteiger partial charge in [-0.1, -0.05) is 0 Å². The fourth-order valence-electron chi connectivity index (χ4n) is 2.42. The second kappa shape index (κ2) is 5.95. The van der Waals surface area contributed by atoms with E-state index in [-0.39, 0.29) is 30.5 Å². The highest BCUT2D eigenvalue weighted by Gasteiger charge is 2.31. The second-order valence-electron chi connectivity index (χ2n) is 5.17. The van der Waals surface area contributed by atoms with Crippen molar-refractivity contribution >= 4 is 27.5 Å². The number of hydrogen-bond donors (Lipinski definition) is 1. The van der Waals surface area contributed by atoms with Gasteiger partial charge in [-0.3, -0.25) is 14.2 Å². The molecule has 0 bridgehead atoms. The Kier molecular flexibility index (Phi) is 4.03. The third-order valence-electron chi connectivity index (χ3n) is 3.67. The Labute approximate surface area is 125 Å². The number of amides is 1. The molecule has 0 atom stereocenters. The number of carbonyl (C=O) groups excluding carboxylic acids is 1. The lowest BCUT2D eigenvalue weighted by Crippen LogP contribution is -2.36. The van der Waals surface area contributed by atoms with Gasteiger partial charge in [0.1, 0.15) is 4.83 Å². The van der Waals surface area contributed by atoms with Crippen molar-refractivity contribution in [3.05, 3.63) is 28.1 Å². The molecule has 0 saturated heterocycles. The van der Waals surface area contributed by atoms with Crippen LogP contribution in [0.3, 0.4) is 0 Å². The number of carbonyl (C=O) groups is 1. The Balaban J connectivity index is 1.69. The summed E-state index contributed by atoms with van der Waals surface area (Å²) in [6.07, 6.45) is 3.78. The maximum atomic E-state index is 12.2. The first-order valence-corrected chi connectivity index (χ1v) is 7.91. The maximum Gasteiger partial charge on any atom is 0.262 e. The van der Waals surface area contributed by atoms with Crippen LogP contribution in [0.5, 0.6) is 0 Å². The van der Waals surface area contributed by atoms with Crippen LogP contribution in [0.1, 0.15) is 19.3 Å². The molecule has 2 aromatic rings. The van der Waals surface area contributed by atoms with Crippen molar-refractivity contribution < 1.29 is 9.90 Å². The highest BCUT2D eigenvalue weighted by molar-refractivity contribution is 7.16. The van der Waals surface area contributed by atoms with Crippen LogP contribution in [0.4, 0.5) is 0 Å². The molecule has 0 spiro atoms. The number of fused-ring (bicyclic) bond motifs is 1. The van der Waals surface area contributed by atoms with E-state index in [1.54, 1.807) is 11.0 Å². The average Bonchev–Trinajstić information content (AvgIpc) is 3.20. The Morgan fingerprint density at radius 1 is 1.52 bits per heavy atom. The molecule has 0 unspecified atom stereocenters. The molecule has 0 aliphatic heterocycles. The van der Waals surface area contributed by atoms with E-state index in [9.17, 15) is 9.59 Å². The summed E-state index contributed by atoms with van der Waals surface area (Å²) in [4.78, 5) is 31.1. The molecule has 1 aliphatic carbocycles. The van der Waals surface area contributed by atoms with Gasteiger partial charge in [0.15, 0.2) is 0 Å². The average molecular weight is 307 g/mol. The number of hydrogen-bond acceptors (Lipinski definition) is 5. The molecule has 3 rings (SSSR count). The minimum Gasteiger partial charge on any atom is -0.395 e. The Morgan fingerprint density at radius 2 is 2.33 bits per heavy atom. The Morgan fingerprint density at radius 3 is 3.05 bits per heavy atom. The molecule has 2 aromatic heterocycles. The monoisotopic (exact) mass is 307 g/mol. The zero-order valence-electron chi connectivity index (χ0n) is 11.6. The lowest BCUT2D eigenvalue weighted by molar-refractivity contribution is -0.132. The van der Waals surface area contributed by atoms with Crippen LogP contribution >= 0.6 is 11.3 Å².